The lowest BCUT2D eigenvalue weighted by molar-refractivity contribution is 0.0697. The van der Waals surface area contributed by atoms with E-state index in [2.05, 4.69) is 41.5 Å². The van der Waals surface area contributed by atoms with Crippen LogP contribution in [0.15, 0.2) is 30.3 Å². The van der Waals surface area contributed by atoms with Crippen molar-refractivity contribution in [2.45, 2.75) is 234 Å². The molecule has 0 amide bonds. The highest BCUT2D eigenvalue weighted by Crippen LogP contribution is 2.12. The minimum atomic E-state index is -0.879. The van der Waals surface area contributed by atoms with Gasteiger partial charge in [0.15, 0.2) is 0 Å². The average Bonchev–Trinajstić information content (AvgIpc) is 3.06. The first kappa shape index (κ1) is 48.1. The fraction of sp³-hybridized carbons (Fsp3) is 0.837. The summed E-state index contributed by atoms with van der Waals surface area (Å²) < 4.78 is 0. The molecule has 0 spiro atoms. The zero-order chi connectivity index (χ0) is 33.9. The summed E-state index contributed by atoms with van der Waals surface area (Å²) in [4.78, 5) is 10.2. The number of carboxylic acids is 1. The maximum atomic E-state index is 10.2. The molecular formula is C43H84O2. The molecule has 0 saturated carbocycles. The smallest absolute Gasteiger partial charge is 0.335 e. The van der Waals surface area contributed by atoms with Gasteiger partial charge in [0.05, 0.1) is 5.56 Å². The summed E-state index contributed by atoms with van der Waals surface area (Å²) in [6.45, 7) is 13.7. The molecule has 0 saturated heterocycles. The van der Waals surface area contributed by atoms with Crippen molar-refractivity contribution < 1.29 is 9.90 Å². The Balaban J connectivity index is -0.000000525. The molecule has 0 aliphatic heterocycles. The Labute approximate surface area is 285 Å². The normalized spacial score (nSPS) is 10.2. The van der Waals surface area contributed by atoms with Gasteiger partial charge < -0.3 is 5.11 Å². The van der Waals surface area contributed by atoms with Crippen molar-refractivity contribution >= 4 is 5.97 Å². The fourth-order valence-electron chi connectivity index (χ4n) is 5.26. The van der Waals surface area contributed by atoms with E-state index in [0.29, 0.717) is 5.56 Å². The monoisotopic (exact) mass is 633 g/mol. The Morgan fingerprint density at radius 2 is 0.533 bits per heavy atom. The number of carboxylic acid groups (broad SMARTS) is 1. The van der Waals surface area contributed by atoms with Gasteiger partial charge in [-0.05, 0) is 12.1 Å². The summed E-state index contributed by atoms with van der Waals surface area (Å²) in [5, 5.41) is 8.38. The summed E-state index contributed by atoms with van der Waals surface area (Å²) >= 11 is 0. The lowest BCUT2D eigenvalue weighted by atomic mass is 10.1. The molecule has 1 N–H and O–H groups in total. The van der Waals surface area contributed by atoms with Gasteiger partial charge in [0.2, 0.25) is 0 Å². The van der Waals surface area contributed by atoms with E-state index in [0.717, 1.165) is 0 Å². The molecule has 0 unspecified atom stereocenters. The van der Waals surface area contributed by atoms with E-state index in [-0.39, 0.29) is 0 Å². The number of hydrogen-bond acceptors (Lipinski definition) is 1. The first-order valence-corrected chi connectivity index (χ1v) is 20.3. The van der Waals surface area contributed by atoms with Gasteiger partial charge in [-0.3, -0.25) is 0 Å². The van der Waals surface area contributed by atoms with Crippen molar-refractivity contribution in [2.75, 3.05) is 0 Å². The van der Waals surface area contributed by atoms with Crippen molar-refractivity contribution in [1.82, 2.24) is 0 Å². The number of unbranched alkanes of at least 4 members (excludes halogenated alkanes) is 27. The van der Waals surface area contributed by atoms with Crippen LogP contribution < -0.4 is 0 Å². The van der Waals surface area contributed by atoms with Gasteiger partial charge in [-0.2, -0.15) is 0 Å². The third-order valence-electron chi connectivity index (χ3n) is 8.39. The van der Waals surface area contributed by atoms with E-state index in [4.69, 9.17) is 5.11 Å². The highest BCUT2D eigenvalue weighted by molar-refractivity contribution is 5.87. The van der Waals surface area contributed by atoms with Crippen molar-refractivity contribution in [3.63, 3.8) is 0 Å². The highest BCUT2D eigenvalue weighted by Gasteiger charge is 1.97. The van der Waals surface area contributed by atoms with Gasteiger partial charge >= 0.3 is 5.97 Å². The van der Waals surface area contributed by atoms with E-state index in [1.54, 1.807) is 30.3 Å². The summed E-state index contributed by atoms with van der Waals surface area (Å²) in [5.41, 5.74) is 0.331. The first-order chi connectivity index (χ1) is 22.0. The summed E-state index contributed by atoms with van der Waals surface area (Å²) in [6, 6.07) is 8.30. The maximum Gasteiger partial charge on any atom is 0.335 e. The van der Waals surface area contributed by atoms with Crippen LogP contribution in [0, 0.1) is 0 Å². The van der Waals surface area contributed by atoms with Crippen LogP contribution in [-0.2, 0) is 0 Å². The molecule has 2 nitrogen and oxygen atoms in total. The molecule has 2 heteroatoms. The van der Waals surface area contributed by atoms with E-state index in [1.807, 2.05) is 0 Å². The molecule has 0 aliphatic rings. The minimum Gasteiger partial charge on any atom is -0.478 e. The Morgan fingerprint density at radius 3 is 0.667 bits per heavy atom. The van der Waals surface area contributed by atoms with E-state index >= 15 is 0 Å². The molecule has 0 aromatic heterocycles. The third kappa shape index (κ3) is 49.8. The lowest BCUT2D eigenvalue weighted by Crippen LogP contribution is -1.93. The van der Waals surface area contributed by atoms with Crippen LogP contribution in [0.3, 0.4) is 0 Å². The zero-order valence-corrected chi connectivity index (χ0v) is 32.0. The molecule has 1 rings (SSSR count). The number of hydrogen-bond donors (Lipinski definition) is 1. The third-order valence-corrected chi connectivity index (χ3v) is 8.39. The van der Waals surface area contributed by atoms with Gasteiger partial charge in [0.1, 0.15) is 0 Å². The average molecular weight is 633 g/mol. The summed E-state index contributed by atoms with van der Waals surface area (Å²) in [7, 11) is 0. The fourth-order valence-corrected chi connectivity index (χ4v) is 5.26. The Morgan fingerprint density at radius 1 is 0.356 bits per heavy atom. The Bertz CT molecular complexity index is 534. The second kappa shape index (κ2) is 47.1. The van der Waals surface area contributed by atoms with Crippen LogP contribution >= 0.6 is 0 Å². The van der Waals surface area contributed by atoms with Gasteiger partial charge in [0, 0.05) is 0 Å². The van der Waals surface area contributed by atoms with E-state index in [9.17, 15) is 4.79 Å². The van der Waals surface area contributed by atoms with Crippen molar-refractivity contribution in [3.8, 4) is 0 Å². The van der Waals surface area contributed by atoms with Crippen LogP contribution in [0.1, 0.15) is 245 Å². The highest BCUT2D eigenvalue weighted by atomic mass is 16.4. The van der Waals surface area contributed by atoms with Crippen molar-refractivity contribution in [1.29, 1.82) is 0 Å². The number of carbonyl (C=O) groups is 1. The van der Waals surface area contributed by atoms with Crippen LogP contribution in [0.4, 0.5) is 0 Å². The molecule has 0 heterocycles. The van der Waals surface area contributed by atoms with Crippen molar-refractivity contribution in [2.24, 2.45) is 0 Å². The second-order valence-corrected chi connectivity index (χ2v) is 13.2. The molecule has 45 heavy (non-hydrogen) atoms. The van der Waals surface area contributed by atoms with Crippen LogP contribution in [0.2, 0.25) is 0 Å². The summed E-state index contributed by atoms with van der Waals surface area (Å²) in [6.07, 6.45) is 43.3. The standard InChI is InChI=1S/3C12H26.C7H6O2/c3*1-3-5-7-9-11-12-10-8-6-4-2;8-7(9)6-4-2-1-3-5-6/h3*3-12H2,1-2H3;1-5H,(H,8,9). The molecule has 0 radical (unpaired) electrons. The van der Waals surface area contributed by atoms with Crippen LogP contribution in [0.5, 0.6) is 0 Å². The molecule has 0 atom stereocenters. The molecule has 268 valence electrons. The quantitative estimate of drug-likeness (QED) is 0.0933. The number of aromatic carboxylic acids is 1. The van der Waals surface area contributed by atoms with Gasteiger partial charge in [0.25, 0.3) is 0 Å². The lowest BCUT2D eigenvalue weighted by Gasteiger charge is -1.99. The van der Waals surface area contributed by atoms with Gasteiger partial charge in [-0.15, -0.1) is 0 Å². The largest absolute Gasteiger partial charge is 0.478 e. The molecule has 1 aromatic rings. The predicted octanol–water partition coefficient (Wildman–Crippen LogP) is 16.2. The molecule has 1 aromatic carbocycles. The first-order valence-electron chi connectivity index (χ1n) is 20.3. The molecular weight excluding hydrogens is 548 g/mol. The second-order valence-electron chi connectivity index (χ2n) is 13.2. The molecule has 0 fully saturated rings. The topological polar surface area (TPSA) is 37.3 Å². The van der Waals surface area contributed by atoms with Gasteiger partial charge in [-0.1, -0.05) is 252 Å². The Hall–Kier alpha value is -1.31. The predicted molar refractivity (Wildman–Crippen MR) is 206 cm³/mol. The van der Waals surface area contributed by atoms with Gasteiger partial charge in [-0.25, -0.2) is 4.79 Å². The van der Waals surface area contributed by atoms with Crippen molar-refractivity contribution in [3.05, 3.63) is 35.9 Å². The zero-order valence-electron chi connectivity index (χ0n) is 32.0. The summed E-state index contributed by atoms with van der Waals surface area (Å²) in [5.74, 6) is -0.879. The maximum absolute atomic E-state index is 10.2. The van der Waals surface area contributed by atoms with Crippen LogP contribution in [0.25, 0.3) is 0 Å². The Kier molecular flexibility index (Phi) is 50.3. The number of benzene rings is 1. The minimum absolute atomic E-state index is 0.331. The van der Waals surface area contributed by atoms with E-state index in [1.165, 1.54) is 193 Å². The SMILES string of the molecule is CCCCCCCCCCCC.CCCCCCCCCCCC.CCCCCCCCCCCC.O=C(O)c1ccccc1. The van der Waals surface area contributed by atoms with Crippen LogP contribution in [-0.4, -0.2) is 11.1 Å². The van der Waals surface area contributed by atoms with E-state index < -0.39 is 5.97 Å². The molecule has 0 bridgehead atoms. The number of rotatable bonds is 28. The molecule has 0 aliphatic carbocycles.